The molecule has 9 nitrogen and oxygen atoms in total. The van der Waals surface area contributed by atoms with Crippen molar-refractivity contribution in [1.82, 2.24) is 10.2 Å². The zero-order valence-electron chi connectivity index (χ0n) is 27.6. The number of ether oxygens (including phenoxy) is 2. The van der Waals surface area contributed by atoms with E-state index in [0.717, 1.165) is 21.0 Å². The molecular weight excluding hydrogens is 614 g/mol. The van der Waals surface area contributed by atoms with Crippen molar-refractivity contribution in [2.45, 2.75) is 57.1 Å². The molecule has 0 aliphatic carbocycles. The van der Waals surface area contributed by atoms with Crippen LogP contribution >= 0.6 is 0 Å². The largest absolute Gasteiger partial charge is 0.493 e. The second-order valence-electron chi connectivity index (χ2n) is 11.4. The third kappa shape index (κ3) is 8.92. The Morgan fingerprint density at radius 3 is 2.02 bits per heavy atom. The second kappa shape index (κ2) is 16.1. The number of hydrogen-bond donors (Lipinski definition) is 1. The van der Waals surface area contributed by atoms with E-state index in [1.54, 1.807) is 30.3 Å². The van der Waals surface area contributed by atoms with Crippen molar-refractivity contribution in [2.75, 3.05) is 25.1 Å². The summed E-state index contributed by atoms with van der Waals surface area (Å²) in [4.78, 5) is 30.0. The van der Waals surface area contributed by atoms with E-state index < -0.39 is 28.5 Å². The molecule has 0 fully saturated rings. The van der Waals surface area contributed by atoms with Crippen LogP contribution in [0.1, 0.15) is 37.0 Å². The summed E-state index contributed by atoms with van der Waals surface area (Å²) < 4.78 is 40.4. The molecule has 0 aliphatic heterocycles. The topological polar surface area (TPSA) is 105 Å². The highest BCUT2D eigenvalue weighted by Gasteiger charge is 2.35. The number of methoxy groups -OCH3 is 2. The summed E-state index contributed by atoms with van der Waals surface area (Å²) in [6.07, 6.45) is 0.954. The number of nitrogens with zero attached hydrogens (tertiary/aromatic N) is 2. The van der Waals surface area contributed by atoms with E-state index in [0.29, 0.717) is 17.9 Å². The number of nitrogens with one attached hydrogen (secondary N) is 1. The number of hydrogen-bond acceptors (Lipinski definition) is 6. The van der Waals surface area contributed by atoms with Crippen LogP contribution in [0.3, 0.4) is 0 Å². The fourth-order valence-corrected chi connectivity index (χ4v) is 6.54. The molecule has 248 valence electrons. The Morgan fingerprint density at radius 2 is 1.43 bits per heavy atom. The van der Waals surface area contributed by atoms with Crippen molar-refractivity contribution < 1.29 is 27.5 Å². The molecule has 0 radical (unpaired) electrons. The van der Waals surface area contributed by atoms with E-state index in [1.807, 2.05) is 75.4 Å². The normalized spacial score (nSPS) is 12.4. The van der Waals surface area contributed by atoms with Gasteiger partial charge in [0.15, 0.2) is 11.5 Å². The maximum absolute atomic E-state index is 14.6. The van der Waals surface area contributed by atoms with Gasteiger partial charge in [0.1, 0.15) is 12.6 Å². The Bertz CT molecular complexity index is 1730. The third-order valence-corrected chi connectivity index (χ3v) is 9.78. The Balaban J connectivity index is 1.81. The highest BCUT2D eigenvalue weighted by molar-refractivity contribution is 7.92. The molecule has 0 aromatic heterocycles. The first-order chi connectivity index (χ1) is 22.6. The van der Waals surface area contributed by atoms with Crippen LogP contribution < -0.4 is 19.1 Å². The van der Waals surface area contributed by atoms with Crippen LogP contribution in [0.25, 0.3) is 0 Å². The van der Waals surface area contributed by atoms with Gasteiger partial charge in [0, 0.05) is 25.1 Å². The Hall–Kier alpha value is -4.83. The predicted octanol–water partition coefficient (Wildman–Crippen LogP) is 5.76. The van der Waals surface area contributed by atoms with E-state index in [2.05, 4.69) is 5.32 Å². The van der Waals surface area contributed by atoms with Crippen LogP contribution in [-0.2, 0) is 32.6 Å². The average molecular weight is 658 g/mol. The highest BCUT2D eigenvalue weighted by Crippen LogP contribution is 2.32. The van der Waals surface area contributed by atoms with Crippen LogP contribution in [0.15, 0.2) is 108 Å². The maximum Gasteiger partial charge on any atom is 0.264 e. The monoisotopic (exact) mass is 657 g/mol. The first-order valence-electron chi connectivity index (χ1n) is 15.6. The van der Waals surface area contributed by atoms with Crippen LogP contribution in [0, 0.1) is 6.92 Å². The van der Waals surface area contributed by atoms with Gasteiger partial charge < -0.3 is 19.7 Å². The molecule has 0 saturated carbocycles. The fourth-order valence-electron chi connectivity index (χ4n) is 5.11. The first-order valence-corrected chi connectivity index (χ1v) is 17.0. The number of sulfonamides is 1. The molecule has 10 heteroatoms. The summed E-state index contributed by atoms with van der Waals surface area (Å²) >= 11 is 0. The molecule has 0 bridgehead atoms. The molecular formula is C37H43N3O6S. The minimum atomic E-state index is -4.30. The van der Waals surface area contributed by atoms with Gasteiger partial charge in [-0.05, 0) is 55.7 Å². The zero-order valence-corrected chi connectivity index (χ0v) is 28.4. The van der Waals surface area contributed by atoms with Gasteiger partial charge >= 0.3 is 0 Å². The molecule has 0 heterocycles. The van der Waals surface area contributed by atoms with E-state index in [1.165, 1.54) is 37.3 Å². The van der Waals surface area contributed by atoms with Crippen LogP contribution in [-0.4, -0.2) is 58.0 Å². The molecule has 4 aromatic rings. The Kier molecular flexibility index (Phi) is 12.0. The summed E-state index contributed by atoms with van der Waals surface area (Å²) in [6, 6.07) is 28.9. The van der Waals surface area contributed by atoms with Crippen LogP contribution in [0.2, 0.25) is 0 Å². The smallest absolute Gasteiger partial charge is 0.264 e. The zero-order chi connectivity index (χ0) is 34.0. The molecule has 0 spiro atoms. The minimum Gasteiger partial charge on any atom is -0.493 e. The first kappa shape index (κ1) is 35.0. The summed E-state index contributed by atoms with van der Waals surface area (Å²) in [7, 11) is -1.41. The highest BCUT2D eigenvalue weighted by atomic mass is 32.2. The van der Waals surface area contributed by atoms with Gasteiger partial charge in [0.25, 0.3) is 10.0 Å². The minimum absolute atomic E-state index is 0.0766. The maximum atomic E-state index is 14.6. The lowest BCUT2D eigenvalue weighted by atomic mass is 10.0. The van der Waals surface area contributed by atoms with Gasteiger partial charge in [-0.3, -0.25) is 13.9 Å². The Labute approximate surface area is 278 Å². The number of amides is 2. The quantitative estimate of drug-likeness (QED) is 0.174. The number of para-hydroxylation sites is 1. The van der Waals surface area contributed by atoms with Gasteiger partial charge in [-0.25, -0.2) is 8.42 Å². The van der Waals surface area contributed by atoms with Gasteiger partial charge in [0.2, 0.25) is 11.8 Å². The Morgan fingerprint density at radius 1 is 0.809 bits per heavy atom. The molecule has 4 rings (SSSR count). The fraction of sp³-hybridized carbons (Fsp3) is 0.297. The van der Waals surface area contributed by atoms with Gasteiger partial charge in [-0.2, -0.15) is 0 Å². The summed E-state index contributed by atoms with van der Waals surface area (Å²) in [5.41, 5.74) is 3.04. The molecule has 0 aliphatic rings. The number of carbonyl (C=O) groups excluding carboxylic acids is 2. The van der Waals surface area contributed by atoms with E-state index >= 15 is 0 Å². The molecule has 4 aromatic carbocycles. The SMILES string of the molecule is CC[C@@H](C)NC(=O)[C@H](Cc1ccccc1)N(Cc1ccc(C)cc1)C(=O)CN(c1ccccc1)S(=O)(=O)c1ccc(OC)c(OC)c1. The van der Waals surface area contributed by atoms with Gasteiger partial charge in [-0.15, -0.1) is 0 Å². The number of rotatable bonds is 15. The lowest BCUT2D eigenvalue weighted by molar-refractivity contribution is -0.140. The molecule has 47 heavy (non-hydrogen) atoms. The predicted molar refractivity (Wildman–Crippen MR) is 184 cm³/mol. The van der Waals surface area contributed by atoms with E-state index in [-0.39, 0.29) is 35.6 Å². The second-order valence-corrected chi connectivity index (χ2v) is 13.3. The van der Waals surface area contributed by atoms with Crippen LogP contribution in [0.5, 0.6) is 11.5 Å². The van der Waals surface area contributed by atoms with Gasteiger partial charge in [0.05, 0.1) is 24.8 Å². The average Bonchev–Trinajstić information content (AvgIpc) is 3.09. The summed E-state index contributed by atoms with van der Waals surface area (Å²) in [5, 5.41) is 3.05. The van der Waals surface area contributed by atoms with E-state index in [9.17, 15) is 18.0 Å². The van der Waals surface area contributed by atoms with Crippen molar-refractivity contribution in [2.24, 2.45) is 0 Å². The van der Waals surface area contributed by atoms with Crippen molar-refractivity contribution in [1.29, 1.82) is 0 Å². The molecule has 2 amide bonds. The van der Waals surface area contributed by atoms with Crippen molar-refractivity contribution in [3.63, 3.8) is 0 Å². The van der Waals surface area contributed by atoms with E-state index in [4.69, 9.17) is 9.47 Å². The number of benzene rings is 4. The molecule has 2 atom stereocenters. The van der Waals surface area contributed by atoms with Crippen LogP contribution in [0.4, 0.5) is 5.69 Å². The standard InChI is InChI=1S/C37H43N3O6S/c1-6-28(3)38-37(42)33(23-29-13-9-7-10-14-29)39(25-30-19-17-27(2)18-20-30)36(41)26-40(31-15-11-8-12-16-31)47(43,44)32-21-22-34(45-4)35(24-32)46-5/h7-22,24,28,33H,6,23,25-26H2,1-5H3,(H,38,42)/t28-,33+/m1/s1. The van der Waals surface area contributed by atoms with Crippen molar-refractivity contribution in [3.05, 3.63) is 120 Å². The number of aryl methyl sites for hydroxylation is 1. The van der Waals surface area contributed by atoms with Crippen molar-refractivity contribution in [3.8, 4) is 11.5 Å². The lowest BCUT2D eigenvalue weighted by Gasteiger charge is -2.34. The molecule has 0 unspecified atom stereocenters. The molecule has 1 N–H and O–H groups in total. The summed E-state index contributed by atoms with van der Waals surface area (Å²) in [5.74, 6) is -0.232. The summed E-state index contributed by atoms with van der Waals surface area (Å²) in [6.45, 7) is 5.42. The molecule has 0 saturated heterocycles. The third-order valence-electron chi connectivity index (χ3n) is 8.01. The van der Waals surface area contributed by atoms with Gasteiger partial charge in [-0.1, -0.05) is 85.3 Å². The number of anilines is 1. The number of carbonyl (C=O) groups is 2. The lowest BCUT2D eigenvalue weighted by Crippen LogP contribution is -2.54. The van der Waals surface area contributed by atoms with Crippen molar-refractivity contribution >= 4 is 27.5 Å².